The minimum absolute atomic E-state index is 0.0556. The molecule has 0 bridgehead atoms. The number of hydrogen-bond donors (Lipinski definition) is 1. The van der Waals surface area contributed by atoms with Crippen LogP contribution >= 0.6 is 0 Å². The predicted octanol–water partition coefficient (Wildman–Crippen LogP) is -0.920. The second-order valence-electron chi connectivity index (χ2n) is 2.48. The van der Waals surface area contributed by atoms with Crippen LogP contribution in [0.4, 0.5) is 0 Å². The summed E-state index contributed by atoms with van der Waals surface area (Å²) in [6, 6.07) is 0. The van der Waals surface area contributed by atoms with Crippen molar-refractivity contribution in [3.8, 4) is 0 Å². The Bertz CT molecular complexity index is 90.9. The molecule has 0 radical (unpaired) electrons. The maximum absolute atomic E-state index is 9.21. The van der Waals surface area contributed by atoms with Crippen LogP contribution in [0, 0.1) is 39.8 Å². The summed E-state index contributed by atoms with van der Waals surface area (Å²) in [6.45, 7) is 0.750. The van der Waals surface area contributed by atoms with E-state index in [1.54, 1.807) is 0 Å². The van der Waals surface area contributed by atoms with E-state index in [1.807, 2.05) is 0 Å². The fraction of sp³-hybridized carbons (Fsp3) is 1.00. The molecule has 1 atom stereocenters. The molecule has 1 heterocycles. The van der Waals surface area contributed by atoms with E-state index >= 15 is 0 Å². The molecule has 1 rings (SSSR count). The van der Waals surface area contributed by atoms with Gasteiger partial charge in [-0.05, 0) is 19.3 Å². The molecule has 1 aliphatic rings. The Morgan fingerprint density at radius 1 is 1.50 bits per heavy atom. The summed E-state index contributed by atoms with van der Waals surface area (Å²) in [4.78, 5) is 0. The van der Waals surface area contributed by atoms with Crippen molar-refractivity contribution in [1.29, 1.82) is 0 Å². The summed E-state index contributed by atoms with van der Waals surface area (Å²) in [5.41, 5.74) is -0.682. The van der Waals surface area contributed by atoms with Crippen molar-refractivity contribution in [2.75, 3.05) is 6.61 Å². The molecule has 1 aliphatic heterocycles. The van der Waals surface area contributed by atoms with Gasteiger partial charge in [0.1, 0.15) is 5.41 Å². The van der Waals surface area contributed by atoms with Crippen LogP contribution in [0.5, 0.6) is 0 Å². The van der Waals surface area contributed by atoms with E-state index in [2.05, 4.69) is 0 Å². The van der Waals surface area contributed by atoms with Crippen molar-refractivity contribution in [2.24, 2.45) is 0 Å². The molecule has 1 N–H and O–H groups in total. The molecular weight excluding hydrogens is 276 g/mol. The zero-order valence-electron chi connectivity index (χ0n) is 6.09. The maximum atomic E-state index is 9.21. The molecule has 0 aliphatic carbocycles. The van der Waals surface area contributed by atoms with Gasteiger partial charge in [-0.2, -0.15) is 0 Å². The van der Waals surface area contributed by atoms with E-state index in [9.17, 15) is 5.11 Å². The zero-order chi connectivity index (χ0) is 8.04. The van der Waals surface area contributed by atoms with Crippen LogP contribution in [-0.2, 0) is 5.67 Å². The minimum atomic E-state index is -0.682. The van der Waals surface area contributed by atoms with Crippen LogP contribution < -0.4 is 0 Å². The molecule has 0 aromatic carbocycles. The number of ether oxygens (including phenoxy) is 1. The molecule has 58 valence electrons. The van der Waals surface area contributed by atoms with Gasteiger partial charge in [0.05, 0.1) is 10.2 Å². The van der Waals surface area contributed by atoms with E-state index in [4.69, 9.17) is 5.67 Å². The van der Waals surface area contributed by atoms with Gasteiger partial charge in [0.25, 0.3) is 0 Å². The number of aliphatic hydroxyl groups is 1. The monoisotopic (exact) mass is 288 g/mol. The predicted molar refractivity (Wildman–Crippen MR) is 35.4 cm³/mol. The van der Waals surface area contributed by atoms with E-state index in [0.29, 0.717) is 0 Å². The third-order valence-electron chi connectivity index (χ3n) is 1.45. The van der Waals surface area contributed by atoms with Crippen molar-refractivity contribution in [1.82, 2.24) is 0 Å². The Hall–Kier alpha value is 1.31. The van der Waals surface area contributed by atoms with E-state index in [-0.39, 0.29) is 39.8 Å². The molecule has 3 nitrogen and oxygen atoms in total. The van der Waals surface area contributed by atoms with E-state index in [1.165, 1.54) is 0 Å². The normalized spacial score (nSPS) is 32.4. The molecule has 0 spiro atoms. The molecule has 0 saturated carbocycles. The SMILES string of the molecule is OC1([SiH3])CCCCO1.[O]=[Ce]. The molecule has 1 fully saturated rings. The van der Waals surface area contributed by atoms with Crippen LogP contribution in [0.15, 0.2) is 0 Å². The van der Waals surface area contributed by atoms with E-state index in [0.717, 1.165) is 36.1 Å². The number of hydrogen-bond acceptors (Lipinski definition) is 3. The van der Waals surface area contributed by atoms with Crippen LogP contribution in [0.25, 0.3) is 0 Å². The van der Waals surface area contributed by atoms with E-state index < -0.39 is 5.41 Å². The molecule has 1 saturated heterocycles. The van der Waals surface area contributed by atoms with Crippen LogP contribution in [0.3, 0.4) is 0 Å². The molecule has 0 aromatic rings. The third-order valence-corrected chi connectivity index (χ3v) is 2.24. The van der Waals surface area contributed by atoms with Gasteiger partial charge in [-0.3, -0.25) is 0 Å². The average molecular weight is 288 g/mol. The Morgan fingerprint density at radius 2 is 2.10 bits per heavy atom. The Labute approximate surface area is 91.1 Å². The third kappa shape index (κ3) is 5.03. The van der Waals surface area contributed by atoms with Crippen LogP contribution in [0.2, 0.25) is 0 Å². The summed E-state index contributed by atoms with van der Waals surface area (Å²) in [6.07, 6.45) is 3.09. The molecular formula is C5H12CeO3Si. The Balaban J connectivity index is 0.000000371. The first-order chi connectivity index (χ1) is 4.71. The fourth-order valence-corrected chi connectivity index (χ4v) is 1.48. The first kappa shape index (κ1) is 11.3. The second kappa shape index (κ2) is 5.90. The van der Waals surface area contributed by atoms with Crippen molar-refractivity contribution in [2.45, 2.75) is 24.7 Å². The van der Waals surface area contributed by atoms with Gasteiger partial charge in [0.15, 0.2) is 0 Å². The van der Waals surface area contributed by atoms with Crippen molar-refractivity contribution in [3.05, 3.63) is 0 Å². The van der Waals surface area contributed by atoms with Gasteiger partial charge >= 0.3 is 40.7 Å². The molecule has 1 unspecified atom stereocenters. The zero-order valence-corrected chi connectivity index (χ0v) is 11.2. The Morgan fingerprint density at radius 3 is 2.30 bits per heavy atom. The summed E-state index contributed by atoms with van der Waals surface area (Å²) in [5.74, 6) is 0. The van der Waals surface area contributed by atoms with Crippen LogP contribution in [0.1, 0.15) is 19.3 Å². The van der Waals surface area contributed by atoms with Gasteiger partial charge in [0.2, 0.25) is 0 Å². The summed E-state index contributed by atoms with van der Waals surface area (Å²) in [5, 5.41) is 9.21. The van der Waals surface area contributed by atoms with Crippen molar-refractivity contribution in [3.63, 3.8) is 0 Å². The quantitative estimate of drug-likeness (QED) is 0.587. The Kier molecular flexibility index (Phi) is 6.68. The second-order valence-corrected chi connectivity index (χ2v) is 4.04. The fourth-order valence-electron chi connectivity index (χ4n) is 0.919. The van der Waals surface area contributed by atoms with Gasteiger partial charge in [-0.25, -0.2) is 0 Å². The first-order valence-electron chi connectivity index (χ1n) is 3.27. The standard InChI is InChI=1S/C5H12O2Si.Ce.O/c6-5(8)3-1-2-4-7-5;;/h6H,1-4H2,8H3;;. The number of rotatable bonds is 0. The first-order valence-corrected chi connectivity index (χ1v) is 5.56. The molecule has 10 heavy (non-hydrogen) atoms. The topological polar surface area (TPSA) is 46.5 Å². The molecule has 5 heteroatoms. The molecule has 0 amide bonds. The average Bonchev–Trinajstić information content (AvgIpc) is 1.92. The van der Waals surface area contributed by atoms with Crippen molar-refractivity contribution < 1.29 is 50.6 Å². The summed E-state index contributed by atoms with van der Waals surface area (Å²) in [7, 11) is 0.743. The van der Waals surface area contributed by atoms with Gasteiger partial charge in [-0.1, -0.05) is 0 Å². The van der Waals surface area contributed by atoms with Crippen LogP contribution in [-0.4, -0.2) is 27.4 Å². The molecule has 0 aromatic heterocycles. The van der Waals surface area contributed by atoms with Crippen molar-refractivity contribution >= 4 is 10.2 Å². The van der Waals surface area contributed by atoms with Gasteiger partial charge in [-0.15, -0.1) is 0 Å². The summed E-state index contributed by atoms with van der Waals surface area (Å²) < 4.78 is 13.5. The van der Waals surface area contributed by atoms with Gasteiger partial charge < -0.3 is 9.84 Å². The van der Waals surface area contributed by atoms with Gasteiger partial charge in [0, 0.05) is 6.61 Å². The summed E-state index contributed by atoms with van der Waals surface area (Å²) >= 11 is 0.0556.